The van der Waals surface area contributed by atoms with Gasteiger partial charge in [-0.15, -0.1) is 10.2 Å². The van der Waals surface area contributed by atoms with Gasteiger partial charge in [-0.05, 0) is 30.5 Å². The summed E-state index contributed by atoms with van der Waals surface area (Å²) in [6.07, 6.45) is -2.56. The van der Waals surface area contributed by atoms with E-state index >= 15 is 0 Å². The Kier molecular flexibility index (Phi) is 5.90. The SMILES string of the molecule is CC(C)(CNC(=O)Nc1nnc(C2CCCO2)s1)c1ccc(C(F)(F)F)cc1. The summed E-state index contributed by atoms with van der Waals surface area (Å²) in [5, 5.41) is 14.5. The van der Waals surface area contributed by atoms with Gasteiger partial charge >= 0.3 is 12.2 Å². The number of carbonyl (C=O) groups is 1. The van der Waals surface area contributed by atoms with Gasteiger partial charge in [-0.2, -0.15) is 13.2 Å². The summed E-state index contributed by atoms with van der Waals surface area (Å²) in [5.41, 5.74) is -0.556. The second-order valence-electron chi connectivity index (χ2n) is 7.21. The number of amides is 2. The number of alkyl halides is 3. The van der Waals surface area contributed by atoms with Crippen molar-refractivity contribution < 1.29 is 22.7 Å². The van der Waals surface area contributed by atoms with Crippen molar-refractivity contribution >= 4 is 22.5 Å². The average molecular weight is 414 g/mol. The number of hydrogen-bond donors (Lipinski definition) is 2. The number of rotatable bonds is 5. The number of aromatic nitrogens is 2. The first-order valence-corrected chi connectivity index (χ1v) is 9.64. The Balaban J connectivity index is 1.54. The molecule has 1 aromatic heterocycles. The Bertz CT molecular complexity index is 815. The van der Waals surface area contributed by atoms with E-state index in [4.69, 9.17) is 4.74 Å². The Morgan fingerprint density at radius 3 is 2.50 bits per heavy atom. The van der Waals surface area contributed by atoms with Crippen LogP contribution >= 0.6 is 11.3 Å². The molecular formula is C18H21F3N4O2S. The van der Waals surface area contributed by atoms with E-state index in [0.717, 1.165) is 30.0 Å². The van der Waals surface area contributed by atoms with Crippen molar-refractivity contribution in [3.8, 4) is 0 Å². The van der Waals surface area contributed by atoms with E-state index in [1.54, 1.807) is 0 Å². The van der Waals surface area contributed by atoms with Gasteiger partial charge in [0.25, 0.3) is 0 Å². The maximum Gasteiger partial charge on any atom is 0.416 e. The summed E-state index contributed by atoms with van der Waals surface area (Å²) in [6, 6.07) is 4.51. The zero-order valence-electron chi connectivity index (χ0n) is 15.5. The lowest BCUT2D eigenvalue weighted by molar-refractivity contribution is -0.137. The highest BCUT2D eigenvalue weighted by atomic mass is 32.1. The monoisotopic (exact) mass is 414 g/mol. The van der Waals surface area contributed by atoms with Crippen molar-refractivity contribution in [1.29, 1.82) is 0 Å². The van der Waals surface area contributed by atoms with Gasteiger partial charge < -0.3 is 10.1 Å². The Morgan fingerprint density at radius 1 is 1.21 bits per heavy atom. The Labute approximate surface area is 164 Å². The third-order valence-corrected chi connectivity index (χ3v) is 5.48. The third kappa shape index (κ3) is 4.99. The number of nitrogens with zero attached hydrogens (tertiary/aromatic N) is 2. The summed E-state index contributed by atoms with van der Waals surface area (Å²) < 4.78 is 43.6. The number of halogens is 3. The van der Waals surface area contributed by atoms with Gasteiger partial charge in [-0.3, -0.25) is 5.32 Å². The minimum absolute atomic E-state index is 0.0604. The largest absolute Gasteiger partial charge is 0.416 e. The molecule has 3 rings (SSSR count). The molecule has 1 unspecified atom stereocenters. The Hall–Kier alpha value is -2.20. The fourth-order valence-electron chi connectivity index (χ4n) is 2.84. The van der Waals surface area contributed by atoms with Gasteiger partial charge in [0.15, 0.2) is 0 Å². The molecule has 152 valence electrons. The van der Waals surface area contributed by atoms with Crippen LogP contribution < -0.4 is 10.6 Å². The van der Waals surface area contributed by atoms with E-state index in [-0.39, 0.29) is 12.6 Å². The van der Waals surface area contributed by atoms with Crippen LogP contribution in [0, 0.1) is 0 Å². The molecule has 0 radical (unpaired) electrons. The molecule has 2 N–H and O–H groups in total. The highest BCUT2D eigenvalue weighted by Crippen LogP contribution is 2.32. The molecule has 28 heavy (non-hydrogen) atoms. The molecule has 2 aromatic rings. The fraction of sp³-hybridized carbons (Fsp3) is 0.500. The number of carbonyl (C=O) groups excluding carboxylic acids is 1. The lowest BCUT2D eigenvalue weighted by Gasteiger charge is -2.26. The maximum atomic E-state index is 12.7. The fourth-order valence-corrected chi connectivity index (χ4v) is 3.67. The van der Waals surface area contributed by atoms with E-state index in [0.29, 0.717) is 17.3 Å². The highest BCUT2D eigenvalue weighted by Gasteiger charge is 2.31. The number of urea groups is 1. The lowest BCUT2D eigenvalue weighted by atomic mass is 9.84. The van der Waals surface area contributed by atoms with Gasteiger partial charge in [0.2, 0.25) is 5.13 Å². The molecule has 1 atom stereocenters. The molecule has 2 heterocycles. The number of anilines is 1. The molecule has 1 aliphatic rings. The topological polar surface area (TPSA) is 76.1 Å². The molecular weight excluding hydrogens is 393 g/mol. The first-order valence-electron chi connectivity index (χ1n) is 8.83. The van der Waals surface area contributed by atoms with Crippen molar-refractivity contribution in [3.05, 3.63) is 40.4 Å². The zero-order valence-corrected chi connectivity index (χ0v) is 16.3. The summed E-state index contributed by atoms with van der Waals surface area (Å²) in [5.74, 6) is 0. The minimum Gasteiger partial charge on any atom is -0.371 e. The zero-order chi connectivity index (χ0) is 20.4. The van der Waals surface area contributed by atoms with Crippen molar-refractivity contribution in [3.63, 3.8) is 0 Å². The van der Waals surface area contributed by atoms with Crippen molar-refractivity contribution in [2.75, 3.05) is 18.5 Å². The van der Waals surface area contributed by atoms with Gasteiger partial charge in [-0.25, -0.2) is 4.79 Å². The molecule has 1 aliphatic heterocycles. The molecule has 0 saturated carbocycles. The number of benzene rings is 1. The van der Waals surface area contributed by atoms with Crippen LogP contribution in [-0.4, -0.2) is 29.4 Å². The molecule has 2 amide bonds. The molecule has 1 fully saturated rings. The quantitative estimate of drug-likeness (QED) is 0.755. The van der Waals surface area contributed by atoms with Crippen LogP contribution in [-0.2, 0) is 16.3 Å². The highest BCUT2D eigenvalue weighted by molar-refractivity contribution is 7.15. The molecule has 0 spiro atoms. The smallest absolute Gasteiger partial charge is 0.371 e. The summed E-state index contributed by atoms with van der Waals surface area (Å²) in [4.78, 5) is 12.1. The lowest BCUT2D eigenvalue weighted by Crippen LogP contribution is -2.39. The van der Waals surface area contributed by atoms with E-state index in [1.165, 1.54) is 23.5 Å². The van der Waals surface area contributed by atoms with Crippen LogP contribution in [0.15, 0.2) is 24.3 Å². The van der Waals surface area contributed by atoms with Crippen LogP contribution in [0.3, 0.4) is 0 Å². The predicted octanol–water partition coefficient (Wildman–Crippen LogP) is 4.51. The molecule has 0 aliphatic carbocycles. The molecule has 1 saturated heterocycles. The van der Waals surface area contributed by atoms with E-state index in [9.17, 15) is 18.0 Å². The number of nitrogens with one attached hydrogen (secondary N) is 2. The summed E-state index contributed by atoms with van der Waals surface area (Å²) in [6.45, 7) is 4.63. The van der Waals surface area contributed by atoms with Crippen LogP contribution in [0.4, 0.5) is 23.1 Å². The summed E-state index contributed by atoms with van der Waals surface area (Å²) in [7, 11) is 0. The van der Waals surface area contributed by atoms with Gasteiger partial charge in [0.05, 0.1) is 5.56 Å². The number of hydrogen-bond acceptors (Lipinski definition) is 5. The van der Waals surface area contributed by atoms with E-state index in [2.05, 4.69) is 20.8 Å². The maximum absolute atomic E-state index is 12.7. The van der Waals surface area contributed by atoms with Crippen LogP contribution in [0.5, 0.6) is 0 Å². The van der Waals surface area contributed by atoms with Crippen molar-refractivity contribution in [2.24, 2.45) is 0 Å². The Morgan fingerprint density at radius 2 is 1.89 bits per heavy atom. The molecule has 0 bridgehead atoms. The van der Waals surface area contributed by atoms with E-state index in [1.807, 2.05) is 13.8 Å². The normalized spacial score (nSPS) is 17.5. The van der Waals surface area contributed by atoms with Crippen molar-refractivity contribution in [2.45, 2.75) is 44.4 Å². The molecule has 6 nitrogen and oxygen atoms in total. The van der Waals surface area contributed by atoms with Crippen molar-refractivity contribution in [1.82, 2.24) is 15.5 Å². The first kappa shape index (κ1) is 20.5. The molecule has 10 heteroatoms. The minimum atomic E-state index is -4.37. The first-order chi connectivity index (χ1) is 13.1. The summed E-state index contributed by atoms with van der Waals surface area (Å²) >= 11 is 1.27. The van der Waals surface area contributed by atoms with Gasteiger partial charge in [0.1, 0.15) is 11.1 Å². The average Bonchev–Trinajstić information content (AvgIpc) is 3.31. The van der Waals surface area contributed by atoms with Gasteiger partial charge in [-0.1, -0.05) is 37.3 Å². The second kappa shape index (κ2) is 8.04. The van der Waals surface area contributed by atoms with Crippen LogP contribution in [0.1, 0.15) is 48.9 Å². The third-order valence-electron chi connectivity index (χ3n) is 4.55. The second-order valence-corrected chi connectivity index (χ2v) is 8.22. The van der Waals surface area contributed by atoms with Crippen LogP contribution in [0.2, 0.25) is 0 Å². The van der Waals surface area contributed by atoms with Crippen LogP contribution in [0.25, 0.3) is 0 Å². The predicted molar refractivity (Wildman–Crippen MR) is 99.3 cm³/mol. The molecule has 1 aromatic carbocycles. The standard InChI is InChI=1S/C18H21F3N4O2S/c1-17(2,11-5-7-12(8-6-11)18(19,20)21)10-22-15(26)23-16-25-24-14(28-16)13-4-3-9-27-13/h5-8,13H,3-4,9-10H2,1-2H3,(H2,22,23,25,26). The van der Waals surface area contributed by atoms with Gasteiger partial charge in [0, 0.05) is 18.6 Å². The van der Waals surface area contributed by atoms with E-state index < -0.39 is 23.2 Å². The number of ether oxygens (including phenoxy) is 1.